The second-order valence-corrected chi connectivity index (χ2v) is 4.07. The average Bonchev–Trinajstić information content (AvgIpc) is 2.27. The number of ether oxygens (including phenoxy) is 1. The molecule has 0 saturated carbocycles. The monoisotopic (exact) mass is 288 g/mol. The van der Waals surface area contributed by atoms with Gasteiger partial charge in [0.2, 0.25) is 0 Å². The molecule has 0 aliphatic carbocycles. The fourth-order valence-corrected chi connectivity index (χ4v) is 1.55. The molecule has 0 fully saturated rings. The van der Waals surface area contributed by atoms with E-state index in [1.54, 1.807) is 19.2 Å². The van der Waals surface area contributed by atoms with Crippen molar-refractivity contribution in [1.29, 1.82) is 0 Å². The number of aromatic nitrogens is 1. The highest BCUT2D eigenvalue weighted by atomic mass is 79.9. The molecule has 88 valence electrons. The minimum Gasteiger partial charge on any atom is -0.465 e. The molecule has 0 aromatic carbocycles. The van der Waals surface area contributed by atoms with E-state index in [-0.39, 0.29) is 6.61 Å². The molecule has 1 heterocycles. The van der Waals surface area contributed by atoms with E-state index in [1.807, 2.05) is 0 Å². The van der Waals surface area contributed by atoms with Crippen LogP contribution in [-0.4, -0.2) is 28.7 Å². The van der Waals surface area contributed by atoms with Crippen LogP contribution in [0.5, 0.6) is 0 Å². The lowest BCUT2D eigenvalue weighted by molar-refractivity contribution is -0.147. The molecule has 0 spiro atoms. The van der Waals surface area contributed by atoms with E-state index in [2.05, 4.69) is 20.9 Å². The number of carbonyl (C=O) groups is 1. The van der Waals surface area contributed by atoms with Crippen LogP contribution in [0.4, 0.5) is 0 Å². The van der Waals surface area contributed by atoms with Gasteiger partial charge in [0, 0.05) is 22.4 Å². The first-order valence-corrected chi connectivity index (χ1v) is 5.56. The van der Waals surface area contributed by atoms with Gasteiger partial charge in [-0.3, -0.25) is 9.78 Å². The molecular formula is C10H13BrN2O3. The fraction of sp³-hybridized carbons (Fsp3) is 0.400. The molecule has 0 unspecified atom stereocenters. The van der Waals surface area contributed by atoms with E-state index in [0.29, 0.717) is 10.0 Å². The SMILES string of the molecule is CCOC(=O)[C@H](N)[C@H](O)c1cncc(Br)c1. The maximum atomic E-state index is 11.3. The largest absolute Gasteiger partial charge is 0.465 e. The second kappa shape index (κ2) is 5.93. The quantitative estimate of drug-likeness (QED) is 0.800. The van der Waals surface area contributed by atoms with Crippen LogP contribution in [0, 0.1) is 0 Å². The van der Waals surface area contributed by atoms with E-state index in [1.165, 1.54) is 6.20 Å². The lowest BCUT2D eigenvalue weighted by atomic mass is 10.1. The van der Waals surface area contributed by atoms with Crippen LogP contribution >= 0.6 is 15.9 Å². The van der Waals surface area contributed by atoms with E-state index in [9.17, 15) is 9.90 Å². The van der Waals surface area contributed by atoms with Gasteiger partial charge in [0.05, 0.1) is 6.61 Å². The smallest absolute Gasteiger partial charge is 0.325 e. The van der Waals surface area contributed by atoms with Gasteiger partial charge < -0.3 is 15.6 Å². The molecule has 0 aliphatic rings. The first kappa shape index (κ1) is 13.1. The van der Waals surface area contributed by atoms with Crippen molar-refractivity contribution >= 4 is 21.9 Å². The zero-order valence-corrected chi connectivity index (χ0v) is 10.3. The lowest BCUT2D eigenvalue weighted by Gasteiger charge is -2.17. The molecule has 3 N–H and O–H groups in total. The highest BCUT2D eigenvalue weighted by molar-refractivity contribution is 9.10. The van der Waals surface area contributed by atoms with E-state index >= 15 is 0 Å². The predicted octanol–water partition coefficient (Wildman–Crippen LogP) is 0.768. The molecule has 1 aromatic heterocycles. The Hall–Kier alpha value is -0.980. The first-order valence-electron chi connectivity index (χ1n) is 4.77. The Labute approximate surface area is 102 Å². The van der Waals surface area contributed by atoms with Gasteiger partial charge >= 0.3 is 5.97 Å². The number of halogens is 1. The highest BCUT2D eigenvalue weighted by Crippen LogP contribution is 2.19. The normalized spacial score (nSPS) is 14.2. The molecule has 0 aliphatic heterocycles. The number of hydrogen-bond acceptors (Lipinski definition) is 5. The van der Waals surface area contributed by atoms with Gasteiger partial charge in [-0.15, -0.1) is 0 Å². The number of carbonyl (C=O) groups excluding carboxylic acids is 1. The lowest BCUT2D eigenvalue weighted by Crippen LogP contribution is -2.38. The van der Waals surface area contributed by atoms with Crippen molar-refractivity contribution in [2.24, 2.45) is 5.73 Å². The summed E-state index contributed by atoms with van der Waals surface area (Å²) in [5.41, 5.74) is 6.03. The van der Waals surface area contributed by atoms with E-state index < -0.39 is 18.1 Å². The molecule has 1 aromatic rings. The second-order valence-electron chi connectivity index (χ2n) is 3.16. The molecule has 0 bridgehead atoms. The fourth-order valence-electron chi connectivity index (χ4n) is 1.16. The molecule has 0 saturated heterocycles. The molecule has 6 heteroatoms. The van der Waals surface area contributed by atoms with Crippen molar-refractivity contribution in [2.45, 2.75) is 19.1 Å². The summed E-state index contributed by atoms with van der Waals surface area (Å²) in [4.78, 5) is 15.2. The van der Waals surface area contributed by atoms with Crippen molar-refractivity contribution in [2.75, 3.05) is 6.61 Å². The first-order chi connectivity index (χ1) is 7.56. The van der Waals surface area contributed by atoms with Gasteiger partial charge in [-0.1, -0.05) is 0 Å². The molecule has 5 nitrogen and oxygen atoms in total. The van der Waals surface area contributed by atoms with Gasteiger partial charge in [-0.2, -0.15) is 0 Å². The third-order valence-electron chi connectivity index (χ3n) is 1.97. The molecule has 2 atom stereocenters. The number of pyridine rings is 1. The van der Waals surface area contributed by atoms with Crippen molar-refractivity contribution in [3.8, 4) is 0 Å². The Morgan fingerprint density at radius 2 is 2.38 bits per heavy atom. The van der Waals surface area contributed by atoms with Crippen LogP contribution in [0.2, 0.25) is 0 Å². The number of esters is 1. The summed E-state index contributed by atoms with van der Waals surface area (Å²) in [5.74, 6) is -0.630. The summed E-state index contributed by atoms with van der Waals surface area (Å²) in [7, 11) is 0. The van der Waals surface area contributed by atoms with E-state index in [0.717, 1.165) is 0 Å². The maximum Gasteiger partial charge on any atom is 0.325 e. The molecular weight excluding hydrogens is 276 g/mol. The summed E-state index contributed by atoms with van der Waals surface area (Å²) < 4.78 is 5.43. The number of hydrogen-bond donors (Lipinski definition) is 2. The van der Waals surface area contributed by atoms with Crippen LogP contribution in [0.25, 0.3) is 0 Å². The molecule has 0 radical (unpaired) electrons. The third kappa shape index (κ3) is 3.26. The number of nitrogens with two attached hydrogens (primary N) is 1. The van der Waals surface area contributed by atoms with Gasteiger partial charge in [0.15, 0.2) is 0 Å². The number of nitrogens with zero attached hydrogens (tertiary/aromatic N) is 1. The highest BCUT2D eigenvalue weighted by Gasteiger charge is 2.25. The van der Waals surface area contributed by atoms with Gasteiger partial charge in [-0.25, -0.2) is 0 Å². The van der Waals surface area contributed by atoms with Crippen LogP contribution in [-0.2, 0) is 9.53 Å². The van der Waals surface area contributed by atoms with Crippen molar-refractivity contribution in [3.05, 3.63) is 28.5 Å². The molecule has 0 amide bonds. The Morgan fingerprint density at radius 3 is 2.94 bits per heavy atom. The van der Waals surface area contributed by atoms with Crippen molar-refractivity contribution in [1.82, 2.24) is 4.98 Å². The van der Waals surface area contributed by atoms with Gasteiger partial charge in [0.25, 0.3) is 0 Å². The summed E-state index contributed by atoms with van der Waals surface area (Å²) in [6.07, 6.45) is 1.91. The maximum absolute atomic E-state index is 11.3. The minimum atomic E-state index is -1.12. The number of rotatable bonds is 4. The van der Waals surface area contributed by atoms with Gasteiger partial charge in [0.1, 0.15) is 12.1 Å². The van der Waals surface area contributed by atoms with Gasteiger partial charge in [-0.05, 0) is 28.9 Å². The van der Waals surface area contributed by atoms with Crippen LogP contribution in [0.15, 0.2) is 22.9 Å². The predicted molar refractivity (Wildman–Crippen MR) is 61.5 cm³/mol. The third-order valence-corrected chi connectivity index (χ3v) is 2.40. The van der Waals surface area contributed by atoms with Crippen LogP contribution < -0.4 is 5.73 Å². The van der Waals surface area contributed by atoms with Crippen molar-refractivity contribution < 1.29 is 14.6 Å². The Bertz CT molecular complexity index is 373. The zero-order chi connectivity index (χ0) is 12.1. The Kier molecular flexibility index (Phi) is 4.85. The van der Waals surface area contributed by atoms with Crippen LogP contribution in [0.1, 0.15) is 18.6 Å². The number of aliphatic hydroxyl groups is 1. The summed E-state index contributed by atoms with van der Waals surface area (Å²) in [6.45, 7) is 1.91. The van der Waals surface area contributed by atoms with Crippen molar-refractivity contribution in [3.63, 3.8) is 0 Å². The molecule has 16 heavy (non-hydrogen) atoms. The summed E-state index contributed by atoms with van der Waals surface area (Å²) in [6, 6.07) is 0.549. The zero-order valence-electron chi connectivity index (χ0n) is 8.76. The standard InChI is InChI=1S/C10H13BrN2O3/c1-2-16-10(15)8(12)9(14)6-3-7(11)5-13-4-6/h3-5,8-9,14H,2,12H2,1H3/t8-,9-/m1/s1. The summed E-state index contributed by atoms with van der Waals surface area (Å²) in [5, 5.41) is 9.82. The minimum absolute atomic E-state index is 0.232. The summed E-state index contributed by atoms with van der Waals surface area (Å²) >= 11 is 3.22. The Balaban J connectivity index is 2.77. The van der Waals surface area contributed by atoms with Crippen LogP contribution in [0.3, 0.4) is 0 Å². The number of aliphatic hydroxyl groups excluding tert-OH is 1. The molecule has 1 rings (SSSR count). The average molecular weight is 289 g/mol. The Morgan fingerprint density at radius 1 is 1.69 bits per heavy atom. The topological polar surface area (TPSA) is 85.4 Å². The van der Waals surface area contributed by atoms with E-state index in [4.69, 9.17) is 10.5 Å².